The molecule has 5 heteroatoms. The molecule has 0 saturated carbocycles. The Labute approximate surface area is 176 Å². The van der Waals surface area contributed by atoms with Gasteiger partial charge in [-0.2, -0.15) is 0 Å². The molecule has 0 saturated heterocycles. The van der Waals surface area contributed by atoms with Crippen LogP contribution in [0.15, 0.2) is 71.7 Å². The Kier molecular flexibility index (Phi) is 6.72. The largest absolute Gasteiger partial charge is 0.478 e. The maximum absolute atomic E-state index is 12.9. The maximum atomic E-state index is 12.9. The highest BCUT2D eigenvalue weighted by Crippen LogP contribution is 2.24. The van der Waals surface area contributed by atoms with Crippen molar-refractivity contribution in [1.82, 2.24) is 9.13 Å². The molecule has 0 radical (unpaired) electrons. The molecule has 0 aliphatic carbocycles. The minimum atomic E-state index is -0.943. The molecular formula is C25H28N2O3. The van der Waals surface area contributed by atoms with Crippen molar-refractivity contribution in [2.75, 3.05) is 0 Å². The molecule has 0 unspecified atom stereocenters. The van der Waals surface area contributed by atoms with Crippen LogP contribution >= 0.6 is 0 Å². The highest BCUT2D eigenvalue weighted by Gasteiger charge is 2.13. The number of carboxylic acid groups (broad SMARTS) is 1. The SMILES string of the molecule is C/C=C/Cc1cn(CC(C)C)c(=O)n1Cc1ccc(-c2ccccc2C(=O)O)cc1. The molecule has 0 spiro atoms. The zero-order valence-corrected chi connectivity index (χ0v) is 17.7. The molecule has 0 bridgehead atoms. The Morgan fingerprint density at radius 1 is 1.10 bits per heavy atom. The summed E-state index contributed by atoms with van der Waals surface area (Å²) in [5, 5.41) is 9.43. The number of nitrogens with zero attached hydrogens (tertiary/aromatic N) is 2. The van der Waals surface area contributed by atoms with Crippen LogP contribution in [-0.2, 0) is 19.5 Å². The van der Waals surface area contributed by atoms with Crippen LogP contribution in [0.25, 0.3) is 11.1 Å². The van der Waals surface area contributed by atoms with Gasteiger partial charge in [0.1, 0.15) is 0 Å². The number of benzene rings is 2. The number of carbonyl (C=O) groups is 1. The smallest absolute Gasteiger partial charge is 0.336 e. The van der Waals surface area contributed by atoms with E-state index < -0.39 is 5.97 Å². The van der Waals surface area contributed by atoms with Gasteiger partial charge < -0.3 is 5.11 Å². The third-order valence-electron chi connectivity index (χ3n) is 5.02. The van der Waals surface area contributed by atoms with Gasteiger partial charge in [-0.25, -0.2) is 9.59 Å². The van der Waals surface area contributed by atoms with E-state index in [0.29, 0.717) is 31.0 Å². The van der Waals surface area contributed by atoms with Crippen LogP contribution in [0.4, 0.5) is 0 Å². The molecule has 0 atom stereocenters. The van der Waals surface area contributed by atoms with Crippen molar-refractivity contribution in [1.29, 1.82) is 0 Å². The number of carboxylic acids is 1. The van der Waals surface area contributed by atoms with Gasteiger partial charge in [-0.15, -0.1) is 0 Å². The van der Waals surface area contributed by atoms with Gasteiger partial charge in [-0.1, -0.05) is 68.5 Å². The molecule has 5 nitrogen and oxygen atoms in total. The topological polar surface area (TPSA) is 64.2 Å². The van der Waals surface area contributed by atoms with E-state index in [1.807, 2.05) is 60.2 Å². The average molecular weight is 405 g/mol. The number of allylic oxidation sites excluding steroid dienone is 2. The van der Waals surface area contributed by atoms with Crippen LogP contribution in [0.3, 0.4) is 0 Å². The summed E-state index contributed by atoms with van der Waals surface area (Å²) in [7, 11) is 0. The van der Waals surface area contributed by atoms with Gasteiger partial charge in [-0.05, 0) is 35.6 Å². The maximum Gasteiger partial charge on any atom is 0.336 e. The molecule has 156 valence electrons. The minimum Gasteiger partial charge on any atom is -0.478 e. The van der Waals surface area contributed by atoms with Gasteiger partial charge in [0.2, 0.25) is 0 Å². The highest BCUT2D eigenvalue weighted by molar-refractivity contribution is 5.95. The first kappa shape index (κ1) is 21.4. The average Bonchev–Trinajstić information content (AvgIpc) is 3.01. The van der Waals surface area contributed by atoms with Gasteiger partial charge in [-0.3, -0.25) is 9.13 Å². The van der Waals surface area contributed by atoms with Crippen LogP contribution in [0.5, 0.6) is 0 Å². The Morgan fingerprint density at radius 3 is 2.43 bits per heavy atom. The Balaban J connectivity index is 1.91. The van der Waals surface area contributed by atoms with E-state index in [4.69, 9.17) is 0 Å². The molecule has 0 fully saturated rings. The standard InChI is InChI=1S/C25H28N2O3/c1-4-5-8-21-17-26(15-18(2)3)25(30)27(21)16-19-11-13-20(14-12-19)22-9-6-7-10-23(22)24(28)29/h4-7,9-14,17-18H,8,15-16H2,1-3H3,(H,28,29)/b5-4+. The molecule has 30 heavy (non-hydrogen) atoms. The van der Waals surface area contributed by atoms with E-state index in [1.54, 1.807) is 16.7 Å². The second-order valence-electron chi connectivity index (χ2n) is 7.86. The molecule has 1 aromatic heterocycles. The number of aromatic nitrogens is 2. The predicted octanol–water partition coefficient (Wildman–Crippen LogP) is 4.84. The summed E-state index contributed by atoms with van der Waals surface area (Å²) in [4.78, 5) is 24.4. The number of hydrogen-bond donors (Lipinski definition) is 1. The van der Waals surface area contributed by atoms with Crippen molar-refractivity contribution in [2.45, 2.75) is 40.3 Å². The summed E-state index contributed by atoms with van der Waals surface area (Å²) in [6.07, 6.45) is 6.71. The van der Waals surface area contributed by atoms with Crippen LogP contribution in [-0.4, -0.2) is 20.2 Å². The fourth-order valence-electron chi connectivity index (χ4n) is 3.57. The fourth-order valence-corrected chi connectivity index (χ4v) is 3.57. The van der Waals surface area contributed by atoms with Crippen molar-refractivity contribution in [3.63, 3.8) is 0 Å². The monoisotopic (exact) mass is 404 g/mol. The first-order chi connectivity index (χ1) is 14.4. The quantitative estimate of drug-likeness (QED) is 0.547. The van der Waals surface area contributed by atoms with Gasteiger partial charge in [0, 0.05) is 24.9 Å². The molecule has 0 aliphatic heterocycles. The molecule has 1 heterocycles. The third kappa shape index (κ3) is 4.79. The minimum absolute atomic E-state index is 0.00324. The predicted molar refractivity (Wildman–Crippen MR) is 120 cm³/mol. The molecule has 1 N–H and O–H groups in total. The van der Waals surface area contributed by atoms with E-state index in [2.05, 4.69) is 19.9 Å². The summed E-state index contributed by atoms with van der Waals surface area (Å²) in [6, 6.07) is 14.7. The van der Waals surface area contributed by atoms with E-state index in [0.717, 1.165) is 16.8 Å². The Bertz CT molecular complexity index is 1100. The summed E-state index contributed by atoms with van der Waals surface area (Å²) < 4.78 is 3.61. The lowest BCUT2D eigenvalue weighted by Crippen LogP contribution is -2.26. The lowest BCUT2D eigenvalue weighted by molar-refractivity contribution is 0.0697. The summed E-state index contributed by atoms with van der Waals surface area (Å²) in [5.74, 6) is -0.553. The molecule has 2 aromatic carbocycles. The van der Waals surface area contributed by atoms with Crippen LogP contribution in [0.2, 0.25) is 0 Å². The molecule has 3 aromatic rings. The van der Waals surface area contributed by atoms with Crippen molar-refractivity contribution >= 4 is 5.97 Å². The molecule has 0 aliphatic rings. The van der Waals surface area contributed by atoms with Gasteiger partial charge >= 0.3 is 11.7 Å². The summed E-state index contributed by atoms with van der Waals surface area (Å²) >= 11 is 0. The van der Waals surface area contributed by atoms with Crippen LogP contribution in [0.1, 0.15) is 42.4 Å². The van der Waals surface area contributed by atoms with Crippen LogP contribution < -0.4 is 5.69 Å². The molecular weight excluding hydrogens is 376 g/mol. The second-order valence-corrected chi connectivity index (χ2v) is 7.86. The van der Waals surface area contributed by atoms with Crippen molar-refractivity contribution in [3.05, 3.63) is 94.2 Å². The van der Waals surface area contributed by atoms with E-state index >= 15 is 0 Å². The number of hydrogen-bond acceptors (Lipinski definition) is 2. The fraction of sp³-hybridized carbons (Fsp3) is 0.280. The zero-order chi connectivity index (χ0) is 21.7. The summed E-state index contributed by atoms with van der Waals surface area (Å²) in [6.45, 7) is 7.35. The van der Waals surface area contributed by atoms with Crippen molar-refractivity contribution in [2.24, 2.45) is 5.92 Å². The zero-order valence-electron chi connectivity index (χ0n) is 17.7. The lowest BCUT2D eigenvalue weighted by atomic mass is 9.99. The summed E-state index contributed by atoms with van der Waals surface area (Å²) in [5.41, 5.74) is 3.79. The number of imidazole rings is 1. The van der Waals surface area contributed by atoms with Gasteiger partial charge in [0.15, 0.2) is 0 Å². The van der Waals surface area contributed by atoms with E-state index in [1.165, 1.54) is 0 Å². The highest BCUT2D eigenvalue weighted by atomic mass is 16.4. The second kappa shape index (κ2) is 9.44. The first-order valence-electron chi connectivity index (χ1n) is 10.2. The first-order valence-corrected chi connectivity index (χ1v) is 10.2. The Morgan fingerprint density at radius 2 is 1.80 bits per heavy atom. The normalized spacial score (nSPS) is 11.5. The third-order valence-corrected chi connectivity index (χ3v) is 5.02. The van der Waals surface area contributed by atoms with Crippen LogP contribution in [0, 0.1) is 5.92 Å². The van der Waals surface area contributed by atoms with E-state index in [-0.39, 0.29) is 11.3 Å². The van der Waals surface area contributed by atoms with E-state index in [9.17, 15) is 14.7 Å². The van der Waals surface area contributed by atoms with Crippen molar-refractivity contribution in [3.8, 4) is 11.1 Å². The van der Waals surface area contributed by atoms with Crippen molar-refractivity contribution < 1.29 is 9.90 Å². The number of rotatable bonds is 8. The lowest BCUT2D eigenvalue weighted by Gasteiger charge is -2.09. The molecule has 0 amide bonds. The Hall–Kier alpha value is -3.34. The molecule has 3 rings (SSSR count). The van der Waals surface area contributed by atoms with Gasteiger partial charge in [0.25, 0.3) is 0 Å². The van der Waals surface area contributed by atoms with Gasteiger partial charge in [0.05, 0.1) is 12.1 Å². The number of aromatic carboxylic acids is 1.